The number of hydrogen-bond acceptors (Lipinski definition) is 5. The SMILES string of the molecule is Nc1ccc(S(N)(=O)=O)cc1NCc1ccn[nH]1. The van der Waals surface area contributed by atoms with Crippen LogP contribution in [-0.4, -0.2) is 18.6 Å². The summed E-state index contributed by atoms with van der Waals surface area (Å²) in [7, 11) is -3.73. The van der Waals surface area contributed by atoms with Crippen LogP contribution in [0.15, 0.2) is 35.4 Å². The van der Waals surface area contributed by atoms with Crippen LogP contribution in [0.3, 0.4) is 0 Å². The highest BCUT2D eigenvalue weighted by atomic mass is 32.2. The third kappa shape index (κ3) is 2.79. The van der Waals surface area contributed by atoms with E-state index >= 15 is 0 Å². The Labute approximate surface area is 104 Å². The molecule has 7 nitrogen and oxygen atoms in total. The van der Waals surface area contributed by atoms with Crippen molar-refractivity contribution in [3.8, 4) is 0 Å². The minimum Gasteiger partial charge on any atom is -0.397 e. The largest absolute Gasteiger partial charge is 0.397 e. The van der Waals surface area contributed by atoms with E-state index in [2.05, 4.69) is 15.5 Å². The summed E-state index contributed by atoms with van der Waals surface area (Å²) in [6, 6.07) is 6.06. The van der Waals surface area contributed by atoms with Crippen molar-refractivity contribution < 1.29 is 8.42 Å². The number of anilines is 2. The van der Waals surface area contributed by atoms with E-state index in [4.69, 9.17) is 10.9 Å². The Balaban J connectivity index is 2.22. The highest BCUT2D eigenvalue weighted by Gasteiger charge is 2.10. The molecule has 0 aliphatic rings. The molecule has 0 amide bonds. The fourth-order valence-corrected chi connectivity index (χ4v) is 1.98. The summed E-state index contributed by atoms with van der Waals surface area (Å²) < 4.78 is 22.4. The van der Waals surface area contributed by atoms with Gasteiger partial charge in [0.05, 0.1) is 28.5 Å². The summed E-state index contributed by atoms with van der Waals surface area (Å²) in [5.41, 5.74) is 7.56. The molecule has 1 aromatic heterocycles. The van der Waals surface area contributed by atoms with Gasteiger partial charge in [-0.3, -0.25) is 5.10 Å². The molecule has 0 aliphatic heterocycles. The average Bonchev–Trinajstić information content (AvgIpc) is 2.79. The number of H-pyrrole nitrogens is 1. The molecule has 0 fully saturated rings. The Bertz CT molecular complexity index is 636. The number of rotatable bonds is 4. The van der Waals surface area contributed by atoms with Crippen molar-refractivity contribution in [3.05, 3.63) is 36.2 Å². The van der Waals surface area contributed by atoms with Crippen molar-refractivity contribution in [2.24, 2.45) is 5.14 Å². The summed E-state index contributed by atoms with van der Waals surface area (Å²) in [5.74, 6) is 0. The van der Waals surface area contributed by atoms with Gasteiger partial charge in [0, 0.05) is 6.20 Å². The lowest BCUT2D eigenvalue weighted by Crippen LogP contribution is -2.13. The Kier molecular flexibility index (Phi) is 3.21. The van der Waals surface area contributed by atoms with E-state index in [1.54, 1.807) is 12.3 Å². The van der Waals surface area contributed by atoms with Crippen molar-refractivity contribution in [3.63, 3.8) is 0 Å². The highest BCUT2D eigenvalue weighted by molar-refractivity contribution is 7.89. The molecule has 1 heterocycles. The van der Waals surface area contributed by atoms with Crippen LogP contribution in [0.4, 0.5) is 11.4 Å². The number of nitrogens with one attached hydrogen (secondary N) is 2. The molecule has 2 aromatic rings. The first-order chi connectivity index (χ1) is 8.47. The summed E-state index contributed by atoms with van der Waals surface area (Å²) in [6.45, 7) is 0.457. The minimum atomic E-state index is -3.73. The molecule has 0 aliphatic carbocycles. The molecular formula is C10H13N5O2S. The Morgan fingerprint density at radius 1 is 1.33 bits per heavy atom. The number of primary sulfonamides is 1. The molecule has 1 aromatic carbocycles. The van der Waals surface area contributed by atoms with Gasteiger partial charge in [-0.05, 0) is 24.3 Å². The van der Waals surface area contributed by atoms with Crippen molar-refractivity contribution in [1.29, 1.82) is 0 Å². The molecule has 6 N–H and O–H groups in total. The zero-order valence-electron chi connectivity index (χ0n) is 9.42. The van der Waals surface area contributed by atoms with Gasteiger partial charge in [-0.1, -0.05) is 0 Å². The zero-order valence-corrected chi connectivity index (χ0v) is 10.2. The molecule has 0 spiro atoms. The number of aromatic nitrogens is 2. The van der Waals surface area contributed by atoms with Crippen LogP contribution in [0.1, 0.15) is 5.69 Å². The maximum absolute atomic E-state index is 11.2. The Hall–Kier alpha value is -2.06. The fraction of sp³-hybridized carbons (Fsp3) is 0.100. The van der Waals surface area contributed by atoms with E-state index in [0.29, 0.717) is 17.9 Å². The molecule has 0 saturated carbocycles. The lowest BCUT2D eigenvalue weighted by Gasteiger charge is -2.09. The Morgan fingerprint density at radius 2 is 2.11 bits per heavy atom. The summed E-state index contributed by atoms with van der Waals surface area (Å²) >= 11 is 0. The van der Waals surface area contributed by atoms with Crippen molar-refractivity contribution in [2.75, 3.05) is 11.1 Å². The van der Waals surface area contributed by atoms with Gasteiger partial charge < -0.3 is 11.1 Å². The van der Waals surface area contributed by atoms with Crippen LogP contribution in [0.2, 0.25) is 0 Å². The van der Waals surface area contributed by atoms with Gasteiger partial charge >= 0.3 is 0 Å². The van der Waals surface area contributed by atoms with E-state index in [1.807, 2.05) is 0 Å². The first kappa shape index (κ1) is 12.4. The molecule has 0 unspecified atom stereocenters. The van der Waals surface area contributed by atoms with Gasteiger partial charge in [-0.2, -0.15) is 5.10 Å². The second-order valence-corrected chi connectivity index (χ2v) is 5.29. The molecule has 0 saturated heterocycles. The molecule has 0 bridgehead atoms. The van der Waals surface area contributed by atoms with Crippen LogP contribution in [0, 0.1) is 0 Å². The number of aromatic amines is 1. The molecule has 0 radical (unpaired) electrons. The number of hydrogen-bond donors (Lipinski definition) is 4. The number of nitrogen functional groups attached to an aromatic ring is 1. The number of nitrogens with zero attached hydrogens (tertiary/aromatic N) is 1. The predicted octanol–water partition coefficient (Wildman–Crippen LogP) is 0.251. The number of benzene rings is 1. The van der Waals surface area contributed by atoms with Gasteiger partial charge in [0.25, 0.3) is 0 Å². The summed E-state index contributed by atoms with van der Waals surface area (Å²) in [6.07, 6.45) is 1.63. The van der Waals surface area contributed by atoms with E-state index < -0.39 is 10.0 Å². The molecule has 96 valence electrons. The van der Waals surface area contributed by atoms with Gasteiger partial charge in [0.1, 0.15) is 0 Å². The van der Waals surface area contributed by atoms with E-state index in [1.165, 1.54) is 18.2 Å². The van der Waals surface area contributed by atoms with E-state index in [0.717, 1.165) is 5.69 Å². The minimum absolute atomic E-state index is 0.0174. The molecule has 2 rings (SSSR count). The van der Waals surface area contributed by atoms with E-state index in [-0.39, 0.29) is 4.90 Å². The van der Waals surface area contributed by atoms with Crippen LogP contribution in [0.5, 0.6) is 0 Å². The van der Waals surface area contributed by atoms with Crippen LogP contribution < -0.4 is 16.2 Å². The second kappa shape index (κ2) is 4.67. The molecule has 18 heavy (non-hydrogen) atoms. The van der Waals surface area contributed by atoms with Crippen LogP contribution >= 0.6 is 0 Å². The second-order valence-electron chi connectivity index (χ2n) is 3.73. The fourth-order valence-electron chi connectivity index (χ4n) is 1.44. The first-order valence-corrected chi connectivity index (χ1v) is 6.66. The van der Waals surface area contributed by atoms with Gasteiger partial charge in [0.2, 0.25) is 10.0 Å². The first-order valence-electron chi connectivity index (χ1n) is 5.11. The van der Waals surface area contributed by atoms with Crippen LogP contribution in [0.25, 0.3) is 0 Å². The van der Waals surface area contributed by atoms with E-state index in [9.17, 15) is 8.42 Å². The van der Waals surface area contributed by atoms with Gasteiger partial charge in [-0.25, -0.2) is 13.6 Å². The smallest absolute Gasteiger partial charge is 0.238 e. The van der Waals surface area contributed by atoms with Gasteiger partial charge in [-0.15, -0.1) is 0 Å². The topological polar surface area (TPSA) is 127 Å². The number of nitrogens with two attached hydrogens (primary N) is 2. The number of sulfonamides is 1. The van der Waals surface area contributed by atoms with Crippen LogP contribution in [-0.2, 0) is 16.6 Å². The summed E-state index contributed by atoms with van der Waals surface area (Å²) in [5, 5.41) is 14.6. The average molecular weight is 267 g/mol. The lowest BCUT2D eigenvalue weighted by molar-refractivity contribution is 0.598. The standard InChI is InChI=1S/C10H13N5O2S/c11-9-2-1-8(18(12,16)17)5-10(9)13-6-7-3-4-14-15-7/h1-5,13H,6,11H2,(H,14,15)(H2,12,16,17). The van der Waals surface area contributed by atoms with Crippen molar-refractivity contribution in [1.82, 2.24) is 10.2 Å². The lowest BCUT2D eigenvalue weighted by atomic mass is 10.2. The van der Waals surface area contributed by atoms with Gasteiger partial charge in [0.15, 0.2) is 0 Å². The van der Waals surface area contributed by atoms with Crippen molar-refractivity contribution >= 4 is 21.4 Å². The Morgan fingerprint density at radius 3 is 2.72 bits per heavy atom. The molecule has 8 heteroatoms. The quantitative estimate of drug-likeness (QED) is 0.590. The van der Waals surface area contributed by atoms with Crippen molar-refractivity contribution in [2.45, 2.75) is 11.4 Å². The monoisotopic (exact) mass is 267 g/mol. The maximum atomic E-state index is 11.2. The third-order valence-corrected chi connectivity index (χ3v) is 3.29. The molecular weight excluding hydrogens is 254 g/mol. The maximum Gasteiger partial charge on any atom is 0.238 e. The zero-order chi connectivity index (χ0) is 13.2. The highest BCUT2D eigenvalue weighted by Crippen LogP contribution is 2.22. The third-order valence-electron chi connectivity index (χ3n) is 2.38. The summed E-state index contributed by atoms with van der Waals surface area (Å²) in [4.78, 5) is 0.0174. The predicted molar refractivity (Wildman–Crippen MR) is 68.1 cm³/mol. The molecule has 0 atom stereocenters. The normalized spacial score (nSPS) is 11.4.